The summed E-state index contributed by atoms with van der Waals surface area (Å²) >= 11 is 0. The average Bonchev–Trinajstić information content (AvgIpc) is 2.45. The van der Waals surface area contributed by atoms with E-state index in [9.17, 15) is 13.5 Å². The third-order valence-corrected chi connectivity index (χ3v) is 5.00. The van der Waals surface area contributed by atoms with E-state index >= 15 is 0 Å². The number of hydrogen-bond donors (Lipinski definition) is 1. The van der Waals surface area contributed by atoms with E-state index in [1.807, 2.05) is 6.07 Å². The second kappa shape index (κ2) is 6.55. The topological polar surface area (TPSA) is 54.4 Å². The van der Waals surface area contributed by atoms with Gasteiger partial charge in [0.1, 0.15) is 0 Å². The molecule has 1 N–H and O–H groups in total. The van der Waals surface area contributed by atoms with Crippen molar-refractivity contribution in [3.05, 3.63) is 35.9 Å². The minimum Gasteiger partial charge on any atom is -0.392 e. The summed E-state index contributed by atoms with van der Waals surface area (Å²) < 4.78 is 23.2. The van der Waals surface area contributed by atoms with Crippen molar-refractivity contribution in [3.63, 3.8) is 0 Å². The summed E-state index contributed by atoms with van der Waals surface area (Å²) in [7, 11) is -3.21. The normalized spacial score (nSPS) is 18.2. The molecule has 4 heteroatoms. The van der Waals surface area contributed by atoms with Gasteiger partial charge in [-0.05, 0) is 42.0 Å². The standard InChI is InChI=1S/C16H22O3S/c1-20(18,19)16-9-5-8-14(11-16)15(12-17)10-13-6-3-2-4-7-13/h5,8-11,13,17H,2-4,6-7,12H2,1H3. The zero-order valence-electron chi connectivity index (χ0n) is 11.9. The van der Waals surface area contributed by atoms with Crippen LogP contribution in [0.4, 0.5) is 0 Å². The van der Waals surface area contributed by atoms with Gasteiger partial charge in [-0.15, -0.1) is 0 Å². The number of sulfone groups is 1. The monoisotopic (exact) mass is 294 g/mol. The maximum Gasteiger partial charge on any atom is 0.175 e. The number of aliphatic hydroxyl groups excluding tert-OH is 1. The molecule has 1 aromatic carbocycles. The van der Waals surface area contributed by atoms with Gasteiger partial charge in [0.25, 0.3) is 0 Å². The minimum atomic E-state index is -3.21. The van der Waals surface area contributed by atoms with Crippen LogP contribution in [-0.2, 0) is 9.84 Å². The van der Waals surface area contributed by atoms with Crippen LogP contribution in [0.2, 0.25) is 0 Å². The lowest BCUT2D eigenvalue weighted by molar-refractivity contribution is 0.347. The summed E-state index contributed by atoms with van der Waals surface area (Å²) in [5.41, 5.74) is 1.64. The highest BCUT2D eigenvalue weighted by molar-refractivity contribution is 7.90. The Morgan fingerprint density at radius 3 is 2.60 bits per heavy atom. The van der Waals surface area contributed by atoms with Crippen molar-refractivity contribution in [2.45, 2.75) is 37.0 Å². The van der Waals surface area contributed by atoms with Crippen LogP contribution in [0.25, 0.3) is 5.57 Å². The van der Waals surface area contributed by atoms with Crippen molar-refractivity contribution in [2.75, 3.05) is 12.9 Å². The van der Waals surface area contributed by atoms with Crippen LogP contribution in [0.1, 0.15) is 37.7 Å². The molecular formula is C16H22O3S. The second-order valence-electron chi connectivity index (χ2n) is 5.55. The average molecular weight is 294 g/mol. The lowest BCUT2D eigenvalue weighted by Gasteiger charge is -2.19. The molecule has 3 nitrogen and oxygen atoms in total. The lowest BCUT2D eigenvalue weighted by Crippen LogP contribution is -2.05. The van der Waals surface area contributed by atoms with E-state index in [2.05, 4.69) is 6.08 Å². The molecular weight excluding hydrogens is 272 g/mol. The first kappa shape index (κ1) is 15.3. The van der Waals surface area contributed by atoms with E-state index in [1.54, 1.807) is 18.2 Å². The summed E-state index contributed by atoms with van der Waals surface area (Å²) in [6.45, 7) is -0.0519. The number of rotatable bonds is 4. The Labute approximate surface area is 121 Å². The SMILES string of the molecule is CS(=O)(=O)c1cccc(C(=CC2CCCCC2)CO)c1. The Hall–Kier alpha value is -1.13. The summed E-state index contributed by atoms with van der Waals surface area (Å²) in [4.78, 5) is 0.304. The van der Waals surface area contributed by atoms with Crippen molar-refractivity contribution < 1.29 is 13.5 Å². The first-order valence-electron chi connectivity index (χ1n) is 7.13. The van der Waals surface area contributed by atoms with Crippen molar-refractivity contribution in [3.8, 4) is 0 Å². The van der Waals surface area contributed by atoms with E-state index in [-0.39, 0.29) is 6.61 Å². The molecule has 0 spiro atoms. The third-order valence-electron chi connectivity index (χ3n) is 3.89. The third kappa shape index (κ3) is 3.93. The Balaban J connectivity index is 2.29. The molecule has 1 aliphatic carbocycles. The van der Waals surface area contributed by atoms with E-state index in [0.29, 0.717) is 10.8 Å². The Morgan fingerprint density at radius 2 is 2.00 bits per heavy atom. The van der Waals surface area contributed by atoms with Crippen molar-refractivity contribution in [1.29, 1.82) is 0 Å². The van der Waals surface area contributed by atoms with Crippen LogP contribution in [0.3, 0.4) is 0 Å². The maximum absolute atomic E-state index is 11.6. The highest BCUT2D eigenvalue weighted by Gasteiger charge is 2.14. The summed E-state index contributed by atoms with van der Waals surface area (Å²) in [6, 6.07) is 6.84. The van der Waals surface area contributed by atoms with Crippen LogP contribution in [-0.4, -0.2) is 26.4 Å². The molecule has 0 unspecified atom stereocenters. The van der Waals surface area contributed by atoms with Gasteiger partial charge in [0.15, 0.2) is 9.84 Å². The fourth-order valence-electron chi connectivity index (χ4n) is 2.75. The highest BCUT2D eigenvalue weighted by Crippen LogP contribution is 2.28. The van der Waals surface area contributed by atoms with Gasteiger partial charge in [0.05, 0.1) is 11.5 Å². The van der Waals surface area contributed by atoms with Gasteiger partial charge in [-0.1, -0.05) is 37.5 Å². The summed E-state index contributed by atoms with van der Waals surface area (Å²) in [5, 5.41) is 9.59. The van der Waals surface area contributed by atoms with Gasteiger partial charge in [-0.2, -0.15) is 0 Å². The zero-order chi connectivity index (χ0) is 14.6. The van der Waals surface area contributed by atoms with Crippen LogP contribution in [0.15, 0.2) is 35.2 Å². The highest BCUT2D eigenvalue weighted by atomic mass is 32.2. The molecule has 0 aliphatic heterocycles. The lowest BCUT2D eigenvalue weighted by atomic mass is 9.87. The smallest absolute Gasteiger partial charge is 0.175 e. The fraction of sp³-hybridized carbons (Fsp3) is 0.500. The van der Waals surface area contributed by atoms with Crippen LogP contribution in [0.5, 0.6) is 0 Å². The second-order valence-corrected chi connectivity index (χ2v) is 7.56. The molecule has 0 amide bonds. The molecule has 0 saturated heterocycles. The maximum atomic E-state index is 11.6. The van der Waals surface area contributed by atoms with Gasteiger partial charge >= 0.3 is 0 Å². The first-order chi connectivity index (χ1) is 9.50. The number of benzene rings is 1. The van der Waals surface area contributed by atoms with E-state index in [1.165, 1.54) is 25.5 Å². The van der Waals surface area contributed by atoms with E-state index in [0.717, 1.165) is 24.0 Å². The van der Waals surface area contributed by atoms with Crippen molar-refractivity contribution in [1.82, 2.24) is 0 Å². The van der Waals surface area contributed by atoms with Gasteiger partial charge in [-0.25, -0.2) is 8.42 Å². The molecule has 110 valence electrons. The van der Waals surface area contributed by atoms with Gasteiger partial charge in [-0.3, -0.25) is 0 Å². The molecule has 0 aromatic heterocycles. The largest absolute Gasteiger partial charge is 0.392 e. The molecule has 1 fully saturated rings. The minimum absolute atomic E-state index is 0.0519. The summed E-state index contributed by atoms with van der Waals surface area (Å²) in [5.74, 6) is 0.507. The molecule has 0 radical (unpaired) electrons. The first-order valence-corrected chi connectivity index (χ1v) is 9.02. The molecule has 0 bridgehead atoms. The van der Waals surface area contributed by atoms with Crippen molar-refractivity contribution >= 4 is 15.4 Å². The van der Waals surface area contributed by atoms with Crippen molar-refractivity contribution in [2.24, 2.45) is 5.92 Å². The van der Waals surface area contributed by atoms with Gasteiger partial charge < -0.3 is 5.11 Å². The molecule has 20 heavy (non-hydrogen) atoms. The molecule has 0 atom stereocenters. The Kier molecular flexibility index (Phi) is 5.00. The molecule has 0 heterocycles. The van der Waals surface area contributed by atoms with Crippen LogP contribution < -0.4 is 0 Å². The molecule has 1 saturated carbocycles. The molecule has 2 rings (SSSR count). The molecule has 1 aliphatic rings. The number of allylic oxidation sites excluding steroid dienone is 1. The van der Waals surface area contributed by atoms with E-state index in [4.69, 9.17) is 0 Å². The Morgan fingerprint density at radius 1 is 1.30 bits per heavy atom. The predicted octanol–water partition coefficient (Wildman–Crippen LogP) is 3.05. The van der Waals surface area contributed by atoms with Crippen LogP contribution in [0, 0.1) is 5.92 Å². The summed E-state index contributed by atoms with van der Waals surface area (Å²) in [6.07, 6.45) is 9.43. The molecule has 1 aromatic rings. The predicted molar refractivity (Wildman–Crippen MR) is 81.2 cm³/mol. The van der Waals surface area contributed by atoms with E-state index < -0.39 is 9.84 Å². The van der Waals surface area contributed by atoms with Gasteiger partial charge in [0, 0.05) is 6.26 Å². The van der Waals surface area contributed by atoms with Gasteiger partial charge in [0.2, 0.25) is 0 Å². The number of aliphatic hydroxyl groups is 1. The fourth-order valence-corrected chi connectivity index (χ4v) is 3.42. The number of hydrogen-bond acceptors (Lipinski definition) is 3. The Bertz CT molecular complexity index is 581. The van der Waals surface area contributed by atoms with Crippen LogP contribution >= 0.6 is 0 Å². The zero-order valence-corrected chi connectivity index (χ0v) is 12.7. The quantitative estimate of drug-likeness (QED) is 0.928.